The van der Waals surface area contributed by atoms with Gasteiger partial charge in [0.05, 0.1) is 12.8 Å². The Hall–Kier alpha value is -2.57. The number of nitrogens with zero attached hydrogens (tertiary/aromatic N) is 2. The Morgan fingerprint density at radius 1 is 1.00 bits per heavy atom. The van der Waals surface area contributed by atoms with Gasteiger partial charge in [-0.2, -0.15) is 0 Å². The minimum absolute atomic E-state index is 0.233. The minimum Gasteiger partial charge on any atom is -0.481 e. The molecular weight excluding hydrogens is 491 g/mol. The van der Waals surface area contributed by atoms with Gasteiger partial charge in [0.2, 0.25) is 0 Å². The van der Waals surface area contributed by atoms with Crippen LogP contribution in [-0.2, 0) is 27.5 Å². The molecule has 0 aliphatic carbocycles. The van der Waals surface area contributed by atoms with Crippen molar-refractivity contribution in [2.45, 2.75) is 31.5 Å². The third-order valence-electron chi connectivity index (χ3n) is 4.55. The lowest BCUT2D eigenvalue weighted by Gasteiger charge is -2.24. The van der Waals surface area contributed by atoms with Gasteiger partial charge in [-0.3, -0.25) is 14.5 Å². The lowest BCUT2D eigenvalue weighted by atomic mass is 9.96. The third-order valence-corrected chi connectivity index (χ3v) is 5.77. The van der Waals surface area contributed by atoms with Crippen molar-refractivity contribution in [2.24, 2.45) is 0 Å². The first-order chi connectivity index (χ1) is 15.8. The second kappa shape index (κ2) is 14.0. The summed E-state index contributed by atoms with van der Waals surface area (Å²) in [5, 5.41) is 36.4. The fourth-order valence-electron chi connectivity index (χ4n) is 2.80. The number of aliphatic hydroxyl groups is 1. The molecule has 0 fully saturated rings. The number of thiophene rings is 1. The number of hydrogen-bond donors (Lipinski definition) is 4. The molecule has 2 rings (SSSR count). The van der Waals surface area contributed by atoms with Crippen LogP contribution in [0.2, 0.25) is 5.02 Å². The second-order valence-electron chi connectivity index (χ2n) is 7.77. The molecule has 0 unspecified atom stereocenters. The van der Waals surface area contributed by atoms with Gasteiger partial charge < -0.3 is 25.3 Å². The van der Waals surface area contributed by atoms with Crippen LogP contribution in [0.4, 0.5) is 4.39 Å². The fraction of sp³-hybridized carbons (Fsp3) is 0.409. The molecule has 1 heterocycles. The van der Waals surface area contributed by atoms with Gasteiger partial charge in [-0.05, 0) is 37.7 Å². The summed E-state index contributed by atoms with van der Waals surface area (Å²) in [6.07, 6.45) is -2.29. The van der Waals surface area contributed by atoms with Crippen LogP contribution in [0.25, 0.3) is 0 Å². The number of rotatable bonds is 12. The van der Waals surface area contributed by atoms with Crippen LogP contribution in [0.5, 0.6) is 0 Å². The first kappa shape index (κ1) is 29.5. The third kappa shape index (κ3) is 10.6. The Labute approximate surface area is 205 Å². The second-order valence-corrected chi connectivity index (χ2v) is 9.21. The molecule has 0 aliphatic rings. The normalized spacial score (nSPS) is 11.3. The number of likely N-dealkylation sites (N-methyl/N-ethyl adjacent to an activating group) is 1. The molecular formula is C22H28ClFN2O7S. The van der Waals surface area contributed by atoms with Crippen LogP contribution in [0.15, 0.2) is 35.7 Å². The van der Waals surface area contributed by atoms with Gasteiger partial charge in [-0.25, -0.2) is 9.18 Å². The lowest BCUT2D eigenvalue weighted by molar-refractivity contribution is -0.170. The van der Waals surface area contributed by atoms with Gasteiger partial charge in [-0.15, -0.1) is 11.3 Å². The van der Waals surface area contributed by atoms with Crippen LogP contribution >= 0.6 is 22.9 Å². The van der Waals surface area contributed by atoms with Crippen molar-refractivity contribution in [1.82, 2.24) is 9.80 Å². The Morgan fingerprint density at radius 2 is 1.62 bits per heavy atom. The van der Waals surface area contributed by atoms with Gasteiger partial charge in [0.15, 0.2) is 5.60 Å². The van der Waals surface area contributed by atoms with Crippen LogP contribution in [0.3, 0.4) is 0 Å². The molecule has 0 spiro atoms. The minimum atomic E-state index is -2.74. The molecule has 2 aromatic rings. The molecule has 0 saturated heterocycles. The van der Waals surface area contributed by atoms with Gasteiger partial charge in [-0.1, -0.05) is 23.7 Å². The summed E-state index contributed by atoms with van der Waals surface area (Å²) >= 11 is 7.87. The van der Waals surface area contributed by atoms with Gasteiger partial charge >= 0.3 is 17.9 Å². The maximum Gasteiger partial charge on any atom is 0.336 e. The summed E-state index contributed by atoms with van der Waals surface area (Å²) in [5.41, 5.74) is -2.16. The summed E-state index contributed by atoms with van der Waals surface area (Å²) < 4.78 is 14.0. The van der Waals surface area contributed by atoms with Gasteiger partial charge in [0.25, 0.3) is 0 Å². The van der Waals surface area contributed by atoms with E-state index in [0.29, 0.717) is 17.1 Å². The molecule has 12 heteroatoms. The van der Waals surface area contributed by atoms with Gasteiger partial charge in [0, 0.05) is 41.6 Å². The summed E-state index contributed by atoms with van der Waals surface area (Å²) in [5.74, 6) is -5.25. The average Bonchev–Trinajstić information content (AvgIpc) is 3.21. The first-order valence-corrected chi connectivity index (χ1v) is 11.3. The zero-order valence-electron chi connectivity index (χ0n) is 18.8. The smallest absolute Gasteiger partial charge is 0.336 e. The molecule has 0 amide bonds. The van der Waals surface area contributed by atoms with E-state index in [2.05, 4.69) is 21.2 Å². The van der Waals surface area contributed by atoms with E-state index < -0.39 is 36.4 Å². The van der Waals surface area contributed by atoms with Crippen molar-refractivity contribution in [2.75, 3.05) is 27.2 Å². The summed E-state index contributed by atoms with van der Waals surface area (Å²) in [4.78, 5) is 36.1. The maximum atomic E-state index is 14.0. The van der Waals surface area contributed by atoms with E-state index in [1.165, 1.54) is 10.9 Å². The Bertz CT molecular complexity index is 920. The van der Waals surface area contributed by atoms with Crippen molar-refractivity contribution in [3.8, 4) is 0 Å². The molecule has 0 saturated carbocycles. The molecule has 1 aromatic carbocycles. The number of benzene rings is 1. The van der Waals surface area contributed by atoms with Crippen molar-refractivity contribution >= 4 is 40.8 Å². The van der Waals surface area contributed by atoms with Gasteiger partial charge in [0.1, 0.15) is 5.82 Å². The van der Waals surface area contributed by atoms with E-state index in [4.69, 9.17) is 32.0 Å². The van der Waals surface area contributed by atoms with E-state index in [1.807, 2.05) is 20.2 Å². The molecule has 34 heavy (non-hydrogen) atoms. The van der Waals surface area contributed by atoms with Crippen molar-refractivity contribution < 1.29 is 39.2 Å². The highest BCUT2D eigenvalue weighted by Crippen LogP contribution is 2.22. The topological polar surface area (TPSA) is 139 Å². The summed E-state index contributed by atoms with van der Waals surface area (Å²) in [6.45, 7) is 3.14. The quantitative estimate of drug-likeness (QED) is 0.334. The summed E-state index contributed by atoms with van der Waals surface area (Å²) in [7, 11) is 4.08. The number of halogens is 2. The number of hydrogen-bond acceptors (Lipinski definition) is 7. The first-order valence-electron chi connectivity index (χ1n) is 10.1. The Morgan fingerprint density at radius 3 is 2.06 bits per heavy atom. The highest BCUT2D eigenvalue weighted by atomic mass is 35.5. The Kier molecular flexibility index (Phi) is 12.1. The van der Waals surface area contributed by atoms with E-state index in [9.17, 15) is 18.8 Å². The monoisotopic (exact) mass is 518 g/mol. The number of carboxylic acids is 3. The molecule has 0 atom stereocenters. The maximum absolute atomic E-state index is 14.0. The number of carboxylic acid groups (broad SMARTS) is 3. The van der Waals surface area contributed by atoms with Crippen LogP contribution < -0.4 is 0 Å². The van der Waals surface area contributed by atoms with Crippen molar-refractivity contribution in [3.05, 3.63) is 57.0 Å². The summed E-state index contributed by atoms with van der Waals surface area (Å²) in [6, 6.07) is 9.01. The molecule has 0 bridgehead atoms. The zero-order valence-corrected chi connectivity index (χ0v) is 20.4. The fourth-order valence-corrected chi connectivity index (χ4v) is 3.77. The molecule has 4 N–H and O–H groups in total. The van der Waals surface area contributed by atoms with E-state index in [0.717, 1.165) is 19.6 Å². The predicted octanol–water partition coefficient (Wildman–Crippen LogP) is 2.86. The van der Waals surface area contributed by atoms with Crippen LogP contribution in [-0.4, -0.2) is 80.9 Å². The molecule has 188 valence electrons. The average molecular weight is 519 g/mol. The highest BCUT2D eigenvalue weighted by Gasteiger charge is 2.40. The number of carbonyl (C=O) groups is 3. The number of aliphatic carboxylic acids is 3. The lowest BCUT2D eigenvalue weighted by Crippen LogP contribution is -2.42. The molecule has 0 aliphatic heterocycles. The molecule has 1 aromatic heterocycles. The predicted molar refractivity (Wildman–Crippen MR) is 125 cm³/mol. The Balaban J connectivity index is 0.000000385. The van der Waals surface area contributed by atoms with Crippen LogP contribution in [0, 0.1) is 5.82 Å². The SMILES string of the molecule is CN(C)CCN(Cc1cccs1)Cc1c(F)cccc1Cl.O=C(O)CC(O)(CC(=O)O)C(=O)O. The van der Waals surface area contributed by atoms with Crippen LogP contribution in [0.1, 0.15) is 23.3 Å². The highest BCUT2D eigenvalue weighted by molar-refractivity contribution is 7.09. The van der Waals surface area contributed by atoms with E-state index >= 15 is 0 Å². The van der Waals surface area contributed by atoms with E-state index in [-0.39, 0.29) is 5.82 Å². The zero-order chi connectivity index (χ0) is 25.9. The molecule has 9 nitrogen and oxygen atoms in total. The van der Waals surface area contributed by atoms with E-state index in [1.54, 1.807) is 23.5 Å². The molecule has 0 radical (unpaired) electrons. The van der Waals surface area contributed by atoms with Crippen molar-refractivity contribution in [3.63, 3.8) is 0 Å². The standard InChI is InChI=1S/C16H20ClFN2S.C6H8O7/c1-19(2)8-9-20(11-13-5-4-10-21-13)12-14-15(17)6-3-7-16(14)18;7-3(8)1-6(13,5(11)12)2-4(9)10/h3-7,10H,8-9,11-12H2,1-2H3;13H,1-2H2,(H,7,8)(H,9,10)(H,11,12). The van der Waals surface area contributed by atoms with Crippen molar-refractivity contribution in [1.29, 1.82) is 0 Å². The largest absolute Gasteiger partial charge is 0.481 e.